The first-order valence-electron chi connectivity index (χ1n) is 7.74. The summed E-state index contributed by atoms with van der Waals surface area (Å²) < 4.78 is 0. The SMILES string of the molecule is CC(C)N1C(=O)CC(NCC2CCCCC2C(=O)O)C1=O. The molecule has 0 aromatic carbocycles. The fourth-order valence-electron chi connectivity index (χ4n) is 3.42. The molecule has 1 saturated heterocycles. The first kappa shape index (κ1) is 15.9. The van der Waals surface area contributed by atoms with Crippen LogP contribution in [0.15, 0.2) is 0 Å². The number of carbonyl (C=O) groups excluding carboxylic acids is 2. The predicted molar refractivity (Wildman–Crippen MR) is 76.5 cm³/mol. The van der Waals surface area contributed by atoms with E-state index in [1.165, 1.54) is 4.90 Å². The summed E-state index contributed by atoms with van der Waals surface area (Å²) in [7, 11) is 0. The molecule has 2 amide bonds. The maximum atomic E-state index is 12.2. The Hall–Kier alpha value is -1.43. The molecule has 0 aromatic heterocycles. The van der Waals surface area contributed by atoms with Crippen LogP contribution in [0.5, 0.6) is 0 Å². The van der Waals surface area contributed by atoms with E-state index in [9.17, 15) is 19.5 Å². The van der Waals surface area contributed by atoms with Crippen molar-refractivity contribution in [2.24, 2.45) is 11.8 Å². The monoisotopic (exact) mass is 296 g/mol. The largest absolute Gasteiger partial charge is 0.481 e. The van der Waals surface area contributed by atoms with E-state index in [2.05, 4.69) is 5.32 Å². The standard InChI is InChI=1S/C15H24N2O4/c1-9(2)17-13(18)7-12(14(17)19)16-8-10-5-3-4-6-11(10)15(20)21/h9-12,16H,3-8H2,1-2H3,(H,20,21). The van der Waals surface area contributed by atoms with Gasteiger partial charge in [-0.1, -0.05) is 12.8 Å². The molecule has 0 bridgehead atoms. The van der Waals surface area contributed by atoms with Gasteiger partial charge in [0.15, 0.2) is 0 Å². The van der Waals surface area contributed by atoms with Gasteiger partial charge in [-0.3, -0.25) is 19.3 Å². The highest BCUT2D eigenvalue weighted by molar-refractivity contribution is 6.05. The van der Waals surface area contributed by atoms with Gasteiger partial charge in [0.2, 0.25) is 11.8 Å². The zero-order chi connectivity index (χ0) is 15.6. The van der Waals surface area contributed by atoms with E-state index in [-0.39, 0.29) is 36.1 Å². The summed E-state index contributed by atoms with van der Waals surface area (Å²) in [6, 6.07) is -0.616. The molecule has 1 heterocycles. The van der Waals surface area contributed by atoms with E-state index < -0.39 is 12.0 Å². The molecule has 3 atom stereocenters. The van der Waals surface area contributed by atoms with Gasteiger partial charge in [0.25, 0.3) is 0 Å². The predicted octanol–water partition coefficient (Wildman–Crippen LogP) is 1.00. The fraction of sp³-hybridized carbons (Fsp3) is 0.800. The summed E-state index contributed by atoms with van der Waals surface area (Å²) in [4.78, 5) is 36.6. The highest BCUT2D eigenvalue weighted by Gasteiger charge is 2.40. The van der Waals surface area contributed by atoms with Crippen molar-refractivity contribution in [2.45, 2.75) is 58.0 Å². The third-order valence-corrected chi connectivity index (χ3v) is 4.55. The first-order valence-corrected chi connectivity index (χ1v) is 7.74. The molecular weight excluding hydrogens is 272 g/mol. The summed E-state index contributed by atoms with van der Waals surface area (Å²) in [5.74, 6) is -1.37. The molecule has 0 radical (unpaired) electrons. The third kappa shape index (κ3) is 3.43. The summed E-state index contributed by atoms with van der Waals surface area (Å²) in [5.41, 5.74) is 0. The van der Waals surface area contributed by atoms with E-state index >= 15 is 0 Å². The Morgan fingerprint density at radius 2 is 2.00 bits per heavy atom. The lowest BCUT2D eigenvalue weighted by Gasteiger charge is -2.29. The van der Waals surface area contributed by atoms with Gasteiger partial charge in [0.05, 0.1) is 18.4 Å². The zero-order valence-corrected chi connectivity index (χ0v) is 12.7. The van der Waals surface area contributed by atoms with Crippen LogP contribution in [0.1, 0.15) is 46.0 Å². The van der Waals surface area contributed by atoms with E-state index in [1.54, 1.807) is 0 Å². The summed E-state index contributed by atoms with van der Waals surface area (Å²) in [5, 5.41) is 12.4. The van der Waals surface area contributed by atoms with Crippen LogP contribution < -0.4 is 5.32 Å². The molecule has 0 aromatic rings. The molecule has 21 heavy (non-hydrogen) atoms. The van der Waals surface area contributed by atoms with Gasteiger partial charge in [0, 0.05) is 6.04 Å². The highest BCUT2D eigenvalue weighted by atomic mass is 16.4. The molecule has 2 N–H and O–H groups in total. The second-order valence-corrected chi connectivity index (χ2v) is 6.35. The van der Waals surface area contributed by atoms with Gasteiger partial charge < -0.3 is 10.4 Å². The lowest BCUT2D eigenvalue weighted by atomic mass is 9.79. The summed E-state index contributed by atoms with van der Waals surface area (Å²) in [6.07, 6.45) is 3.74. The Morgan fingerprint density at radius 3 is 2.57 bits per heavy atom. The molecular formula is C15H24N2O4. The Kier molecular flexibility index (Phi) is 4.98. The van der Waals surface area contributed by atoms with Crippen molar-refractivity contribution >= 4 is 17.8 Å². The third-order valence-electron chi connectivity index (χ3n) is 4.55. The van der Waals surface area contributed by atoms with Crippen molar-refractivity contribution in [3.63, 3.8) is 0 Å². The van der Waals surface area contributed by atoms with Crippen LogP contribution in [0.4, 0.5) is 0 Å². The number of amides is 2. The normalized spacial score (nSPS) is 30.2. The van der Waals surface area contributed by atoms with Crippen LogP contribution >= 0.6 is 0 Å². The molecule has 1 aliphatic heterocycles. The maximum absolute atomic E-state index is 12.2. The number of rotatable bonds is 5. The topological polar surface area (TPSA) is 86.7 Å². The average Bonchev–Trinajstić information content (AvgIpc) is 2.71. The van der Waals surface area contributed by atoms with Crippen molar-refractivity contribution in [2.75, 3.05) is 6.54 Å². The van der Waals surface area contributed by atoms with Gasteiger partial charge in [0.1, 0.15) is 0 Å². The molecule has 2 aliphatic rings. The molecule has 1 saturated carbocycles. The Balaban J connectivity index is 1.92. The number of imide groups is 1. The van der Waals surface area contributed by atoms with Crippen LogP contribution in [0.2, 0.25) is 0 Å². The fourth-order valence-corrected chi connectivity index (χ4v) is 3.42. The average molecular weight is 296 g/mol. The van der Waals surface area contributed by atoms with Gasteiger partial charge >= 0.3 is 5.97 Å². The van der Waals surface area contributed by atoms with Gasteiger partial charge in [-0.15, -0.1) is 0 Å². The summed E-state index contributed by atoms with van der Waals surface area (Å²) in [6.45, 7) is 4.13. The number of carboxylic acids is 1. The van der Waals surface area contributed by atoms with Gasteiger partial charge in [-0.2, -0.15) is 0 Å². The second-order valence-electron chi connectivity index (χ2n) is 6.35. The van der Waals surface area contributed by atoms with Gasteiger partial charge in [-0.05, 0) is 39.2 Å². The zero-order valence-electron chi connectivity index (χ0n) is 12.7. The minimum Gasteiger partial charge on any atom is -0.481 e. The Morgan fingerprint density at radius 1 is 1.33 bits per heavy atom. The van der Waals surface area contributed by atoms with E-state index in [4.69, 9.17) is 0 Å². The lowest BCUT2D eigenvalue weighted by Crippen LogP contribution is -2.44. The summed E-state index contributed by atoms with van der Waals surface area (Å²) >= 11 is 0. The number of carboxylic acid groups (broad SMARTS) is 1. The minimum absolute atomic E-state index is 0.0484. The molecule has 6 heteroatoms. The number of hydrogen-bond acceptors (Lipinski definition) is 4. The maximum Gasteiger partial charge on any atom is 0.306 e. The van der Waals surface area contributed by atoms with Gasteiger partial charge in [-0.25, -0.2) is 0 Å². The van der Waals surface area contributed by atoms with Crippen LogP contribution in [0.25, 0.3) is 0 Å². The number of aliphatic carboxylic acids is 1. The molecule has 0 spiro atoms. The van der Waals surface area contributed by atoms with Crippen molar-refractivity contribution in [1.82, 2.24) is 10.2 Å². The molecule has 3 unspecified atom stereocenters. The second kappa shape index (κ2) is 6.56. The van der Waals surface area contributed by atoms with E-state index in [1.807, 2.05) is 13.8 Å². The molecule has 6 nitrogen and oxygen atoms in total. The van der Waals surface area contributed by atoms with Crippen molar-refractivity contribution in [3.05, 3.63) is 0 Å². The highest BCUT2D eigenvalue weighted by Crippen LogP contribution is 2.30. The minimum atomic E-state index is -0.751. The quantitative estimate of drug-likeness (QED) is 0.739. The van der Waals surface area contributed by atoms with Crippen LogP contribution in [0.3, 0.4) is 0 Å². The number of nitrogens with zero attached hydrogens (tertiary/aromatic N) is 1. The molecule has 118 valence electrons. The molecule has 2 fully saturated rings. The lowest BCUT2D eigenvalue weighted by molar-refractivity contribution is -0.145. The van der Waals surface area contributed by atoms with Crippen LogP contribution in [-0.2, 0) is 14.4 Å². The van der Waals surface area contributed by atoms with Crippen molar-refractivity contribution < 1.29 is 19.5 Å². The van der Waals surface area contributed by atoms with Crippen LogP contribution in [-0.4, -0.2) is 46.4 Å². The van der Waals surface area contributed by atoms with Crippen LogP contribution in [0, 0.1) is 11.8 Å². The van der Waals surface area contributed by atoms with Crippen molar-refractivity contribution in [3.8, 4) is 0 Å². The number of hydrogen-bond donors (Lipinski definition) is 2. The Bertz CT molecular complexity index is 435. The first-order chi connectivity index (χ1) is 9.91. The van der Waals surface area contributed by atoms with E-state index in [0.29, 0.717) is 13.0 Å². The van der Waals surface area contributed by atoms with E-state index in [0.717, 1.165) is 19.3 Å². The molecule has 2 rings (SSSR count). The Labute approximate surface area is 124 Å². The van der Waals surface area contributed by atoms with Crippen molar-refractivity contribution in [1.29, 1.82) is 0 Å². The smallest absolute Gasteiger partial charge is 0.306 e. The molecule has 1 aliphatic carbocycles. The number of carbonyl (C=O) groups is 3. The number of nitrogens with one attached hydrogen (secondary N) is 1. The number of likely N-dealkylation sites (tertiary alicyclic amines) is 1.